The summed E-state index contributed by atoms with van der Waals surface area (Å²) in [5.74, 6) is -1.02. The van der Waals surface area contributed by atoms with Crippen molar-refractivity contribution < 1.29 is 18.6 Å². The standard InChI is InChI=1S/C21H20BrF2N3O3/c1-12-26-19(30-11-13-4-6-15(23)8-17(13)24)18(22)20(28)27(12)10-16-7-5-14(9-25-16)21(2,3)29/h4-9,29H,10-11H2,1-3H3. The van der Waals surface area contributed by atoms with E-state index in [0.29, 0.717) is 17.1 Å². The van der Waals surface area contributed by atoms with Gasteiger partial charge in [-0.05, 0) is 54.9 Å². The van der Waals surface area contributed by atoms with Crippen molar-refractivity contribution in [1.29, 1.82) is 0 Å². The van der Waals surface area contributed by atoms with Crippen LogP contribution in [-0.4, -0.2) is 19.6 Å². The first-order valence-corrected chi connectivity index (χ1v) is 9.87. The van der Waals surface area contributed by atoms with Gasteiger partial charge in [0.25, 0.3) is 5.56 Å². The number of nitrogens with zero attached hydrogens (tertiary/aromatic N) is 3. The summed E-state index contributed by atoms with van der Waals surface area (Å²) >= 11 is 3.19. The highest BCUT2D eigenvalue weighted by Gasteiger charge is 2.18. The molecule has 0 amide bonds. The van der Waals surface area contributed by atoms with E-state index in [-0.39, 0.29) is 34.6 Å². The van der Waals surface area contributed by atoms with E-state index in [4.69, 9.17) is 4.74 Å². The molecular formula is C21H20BrF2N3O3. The molecule has 0 bridgehead atoms. The Morgan fingerprint density at radius 3 is 2.57 bits per heavy atom. The first kappa shape index (κ1) is 22.0. The average molecular weight is 480 g/mol. The van der Waals surface area contributed by atoms with Gasteiger partial charge in [0, 0.05) is 23.4 Å². The minimum absolute atomic E-state index is 0.0165. The van der Waals surface area contributed by atoms with Crippen molar-refractivity contribution in [1.82, 2.24) is 14.5 Å². The summed E-state index contributed by atoms with van der Waals surface area (Å²) in [4.78, 5) is 21.3. The third kappa shape index (κ3) is 4.91. The van der Waals surface area contributed by atoms with Crippen LogP contribution >= 0.6 is 15.9 Å². The number of benzene rings is 1. The smallest absolute Gasteiger partial charge is 0.272 e. The molecule has 0 fully saturated rings. The number of hydrogen-bond donors (Lipinski definition) is 1. The van der Waals surface area contributed by atoms with Crippen molar-refractivity contribution in [3.8, 4) is 5.88 Å². The quantitative estimate of drug-likeness (QED) is 0.580. The van der Waals surface area contributed by atoms with Crippen LogP contribution < -0.4 is 10.3 Å². The van der Waals surface area contributed by atoms with Gasteiger partial charge < -0.3 is 9.84 Å². The van der Waals surface area contributed by atoms with Gasteiger partial charge in [0.2, 0.25) is 5.88 Å². The Balaban J connectivity index is 1.81. The number of aryl methyl sites for hydroxylation is 1. The molecule has 1 N–H and O–H groups in total. The van der Waals surface area contributed by atoms with E-state index >= 15 is 0 Å². The molecule has 0 atom stereocenters. The summed E-state index contributed by atoms with van der Waals surface area (Å²) in [5, 5.41) is 10.0. The molecule has 1 aromatic carbocycles. The minimum Gasteiger partial charge on any atom is -0.472 e. The number of hydrogen-bond acceptors (Lipinski definition) is 5. The van der Waals surface area contributed by atoms with E-state index in [9.17, 15) is 18.7 Å². The molecule has 0 saturated heterocycles. The van der Waals surface area contributed by atoms with Crippen molar-refractivity contribution >= 4 is 15.9 Å². The Hall–Kier alpha value is -2.65. The average Bonchev–Trinajstić information content (AvgIpc) is 2.68. The first-order chi connectivity index (χ1) is 14.1. The maximum Gasteiger partial charge on any atom is 0.272 e. The fourth-order valence-electron chi connectivity index (χ4n) is 2.72. The molecule has 0 spiro atoms. The first-order valence-electron chi connectivity index (χ1n) is 9.07. The Labute approximate surface area is 180 Å². The van der Waals surface area contributed by atoms with E-state index in [1.54, 1.807) is 39.1 Å². The minimum atomic E-state index is -1.01. The van der Waals surface area contributed by atoms with E-state index in [1.807, 2.05) is 0 Å². The molecule has 6 nitrogen and oxygen atoms in total. The van der Waals surface area contributed by atoms with Gasteiger partial charge in [-0.1, -0.05) is 6.07 Å². The number of ether oxygens (including phenoxy) is 1. The van der Waals surface area contributed by atoms with Crippen LogP contribution in [0.5, 0.6) is 5.88 Å². The fraction of sp³-hybridized carbons (Fsp3) is 0.286. The molecule has 2 aromatic heterocycles. The normalized spacial score (nSPS) is 11.6. The van der Waals surface area contributed by atoms with Gasteiger partial charge in [-0.2, -0.15) is 4.98 Å². The number of pyridine rings is 1. The van der Waals surface area contributed by atoms with Crippen molar-refractivity contribution in [3.05, 3.63) is 85.6 Å². The largest absolute Gasteiger partial charge is 0.472 e. The zero-order valence-corrected chi connectivity index (χ0v) is 18.2. The molecule has 2 heterocycles. The lowest BCUT2D eigenvalue weighted by Crippen LogP contribution is -2.26. The Morgan fingerprint density at radius 1 is 1.23 bits per heavy atom. The lowest BCUT2D eigenvalue weighted by molar-refractivity contribution is 0.0782. The highest BCUT2D eigenvalue weighted by Crippen LogP contribution is 2.22. The van der Waals surface area contributed by atoms with Crippen molar-refractivity contribution in [2.24, 2.45) is 0 Å². The van der Waals surface area contributed by atoms with Gasteiger partial charge in [-0.25, -0.2) is 8.78 Å². The van der Waals surface area contributed by atoms with Crippen LogP contribution in [0.15, 0.2) is 45.8 Å². The topological polar surface area (TPSA) is 77.2 Å². The summed E-state index contributed by atoms with van der Waals surface area (Å²) < 4.78 is 33.8. The van der Waals surface area contributed by atoms with Crippen LogP contribution in [0.2, 0.25) is 0 Å². The Kier molecular flexibility index (Phi) is 6.33. The zero-order chi connectivity index (χ0) is 22.1. The second-order valence-electron chi connectivity index (χ2n) is 7.29. The van der Waals surface area contributed by atoms with E-state index in [0.717, 1.165) is 12.1 Å². The summed E-state index contributed by atoms with van der Waals surface area (Å²) in [6, 6.07) is 6.65. The van der Waals surface area contributed by atoms with Crippen LogP contribution in [0.3, 0.4) is 0 Å². The van der Waals surface area contributed by atoms with Crippen LogP contribution in [0.1, 0.15) is 36.5 Å². The van der Waals surface area contributed by atoms with E-state index in [1.165, 1.54) is 10.6 Å². The van der Waals surface area contributed by atoms with E-state index in [2.05, 4.69) is 25.9 Å². The molecule has 158 valence electrons. The van der Waals surface area contributed by atoms with Gasteiger partial charge >= 0.3 is 0 Å². The number of aliphatic hydroxyl groups is 1. The SMILES string of the molecule is Cc1nc(OCc2ccc(F)cc2F)c(Br)c(=O)n1Cc1ccc(C(C)(C)O)cn1. The number of aromatic nitrogens is 3. The van der Waals surface area contributed by atoms with E-state index < -0.39 is 17.2 Å². The molecule has 0 aliphatic carbocycles. The van der Waals surface area contributed by atoms with Crippen LogP contribution in [0.25, 0.3) is 0 Å². The maximum absolute atomic E-state index is 13.8. The third-order valence-corrected chi connectivity index (χ3v) is 5.18. The van der Waals surface area contributed by atoms with Gasteiger partial charge in [0.05, 0.1) is 17.8 Å². The maximum atomic E-state index is 13.8. The third-order valence-electron chi connectivity index (χ3n) is 4.51. The molecule has 0 aliphatic rings. The summed E-state index contributed by atoms with van der Waals surface area (Å²) in [6.07, 6.45) is 1.56. The molecule has 0 unspecified atom stereocenters. The molecule has 30 heavy (non-hydrogen) atoms. The molecule has 9 heteroatoms. The molecule has 0 aliphatic heterocycles. The van der Waals surface area contributed by atoms with Crippen LogP contribution in [0, 0.1) is 18.6 Å². The molecular weight excluding hydrogens is 460 g/mol. The van der Waals surface area contributed by atoms with Gasteiger partial charge in [0.15, 0.2) is 0 Å². The molecule has 0 saturated carbocycles. The van der Waals surface area contributed by atoms with Crippen molar-refractivity contribution in [2.75, 3.05) is 0 Å². The number of rotatable bonds is 6. The van der Waals surface area contributed by atoms with Crippen molar-refractivity contribution in [2.45, 2.75) is 39.5 Å². The predicted molar refractivity (Wildman–Crippen MR) is 110 cm³/mol. The summed E-state index contributed by atoms with van der Waals surface area (Å²) in [7, 11) is 0. The molecule has 3 aromatic rings. The van der Waals surface area contributed by atoms with Gasteiger partial charge in [-0.3, -0.25) is 14.3 Å². The van der Waals surface area contributed by atoms with Crippen LogP contribution in [-0.2, 0) is 18.8 Å². The second-order valence-corrected chi connectivity index (χ2v) is 8.08. The zero-order valence-electron chi connectivity index (χ0n) is 16.6. The van der Waals surface area contributed by atoms with Gasteiger partial charge in [-0.15, -0.1) is 0 Å². The monoisotopic (exact) mass is 479 g/mol. The van der Waals surface area contributed by atoms with Crippen molar-refractivity contribution in [3.63, 3.8) is 0 Å². The Morgan fingerprint density at radius 2 is 1.97 bits per heavy atom. The van der Waals surface area contributed by atoms with Crippen LogP contribution in [0.4, 0.5) is 8.78 Å². The highest BCUT2D eigenvalue weighted by molar-refractivity contribution is 9.10. The summed E-state index contributed by atoms with van der Waals surface area (Å²) in [6.45, 7) is 4.94. The highest BCUT2D eigenvalue weighted by atomic mass is 79.9. The second kappa shape index (κ2) is 8.61. The molecule has 3 rings (SSSR count). The predicted octanol–water partition coefficient (Wildman–Crippen LogP) is 3.84. The fourth-order valence-corrected chi connectivity index (χ4v) is 3.14. The number of halogens is 3. The summed E-state index contributed by atoms with van der Waals surface area (Å²) in [5.41, 5.74) is 0.0232. The lowest BCUT2D eigenvalue weighted by Gasteiger charge is -2.17. The Bertz CT molecular complexity index is 1130. The molecule has 0 radical (unpaired) electrons. The van der Waals surface area contributed by atoms with Gasteiger partial charge in [0.1, 0.15) is 28.5 Å². The lowest BCUT2D eigenvalue weighted by atomic mass is 10.0.